The van der Waals surface area contributed by atoms with E-state index in [0.29, 0.717) is 18.3 Å². The van der Waals surface area contributed by atoms with Crippen LogP contribution >= 0.6 is 0 Å². The molecule has 2 saturated carbocycles. The highest BCUT2D eigenvalue weighted by Gasteiger charge is 2.30. The summed E-state index contributed by atoms with van der Waals surface area (Å²) < 4.78 is 0. The molecule has 3 aliphatic rings. The summed E-state index contributed by atoms with van der Waals surface area (Å²) in [4.78, 5) is 24.7. The average molecular weight is 350 g/mol. The molecule has 2 atom stereocenters. The third kappa shape index (κ3) is 5.44. The lowest BCUT2D eigenvalue weighted by Gasteiger charge is -2.33. The summed E-state index contributed by atoms with van der Waals surface area (Å²) >= 11 is 0. The minimum atomic E-state index is 0.122. The lowest BCUT2D eigenvalue weighted by molar-refractivity contribution is -0.127. The average Bonchev–Trinajstić information content (AvgIpc) is 3.10. The smallest absolute Gasteiger partial charge is 0.223 e. The van der Waals surface area contributed by atoms with E-state index in [1.807, 2.05) is 0 Å². The Morgan fingerprint density at radius 2 is 1.68 bits per heavy atom. The zero-order valence-corrected chi connectivity index (χ0v) is 15.7. The van der Waals surface area contributed by atoms with Crippen LogP contribution in [-0.2, 0) is 9.59 Å². The van der Waals surface area contributed by atoms with Crippen LogP contribution in [-0.4, -0.2) is 37.0 Å². The zero-order valence-electron chi connectivity index (χ0n) is 15.7. The molecule has 25 heavy (non-hydrogen) atoms. The summed E-state index contributed by atoms with van der Waals surface area (Å²) in [6.07, 6.45) is 10.5. The molecule has 3 N–H and O–H groups in total. The van der Waals surface area contributed by atoms with E-state index in [0.717, 1.165) is 45.2 Å². The fraction of sp³-hybridized carbons (Fsp3) is 0.900. The lowest BCUT2D eigenvalue weighted by Crippen LogP contribution is -2.52. The first-order valence-electron chi connectivity index (χ1n) is 10.4. The molecule has 3 fully saturated rings. The van der Waals surface area contributed by atoms with Crippen LogP contribution in [0, 0.1) is 17.8 Å². The van der Waals surface area contributed by atoms with Crippen molar-refractivity contribution >= 4 is 11.8 Å². The largest absolute Gasteiger partial charge is 0.353 e. The maximum absolute atomic E-state index is 12.5. The quantitative estimate of drug-likeness (QED) is 0.713. The maximum atomic E-state index is 12.5. The molecule has 0 radical (unpaired) electrons. The van der Waals surface area contributed by atoms with Crippen LogP contribution in [0.2, 0.25) is 0 Å². The van der Waals surface area contributed by atoms with Crippen LogP contribution in [0.3, 0.4) is 0 Å². The summed E-state index contributed by atoms with van der Waals surface area (Å²) in [5.74, 6) is 1.72. The fourth-order valence-electron chi connectivity index (χ4n) is 4.75. The molecule has 5 nitrogen and oxygen atoms in total. The first kappa shape index (κ1) is 18.7. The normalized spacial score (nSPS) is 33.8. The van der Waals surface area contributed by atoms with Crippen molar-refractivity contribution in [1.29, 1.82) is 0 Å². The van der Waals surface area contributed by atoms with Gasteiger partial charge in [-0.1, -0.05) is 19.8 Å². The van der Waals surface area contributed by atoms with Crippen molar-refractivity contribution in [3.8, 4) is 0 Å². The van der Waals surface area contributed by atoms with E-state index in [-0.39, 0.29) is 29.8 Å². The Bertz CT molecular complexity index is 454. The summed E-state index contributed by atoms with van der Waals surface area (Å²) in [5.41, 5.74) is 0. The number of hydrogen-bond donors (Lipinski definition) is 3. The standard InChI is InChI=1S/C20H35N3O2/c1-14-10-11-21-13-18(14)23-20(25)16-6-8-17(9-7-16)22-19(24)12-15-4-2-3-5-15/h14-18,21H,2-13H2,1H3,(H,22,24)(H,23,25). The second-order valence-electron chi connectivity index (χ2n) is 8.56. The van der Waals surface area contributed by atoms with Gasteiger partial charge in [-0.15, -0.1) is 0 Å². The van der Waals surface area contributed by atoms with E-state index < -0.39 is 0 Å². The van der Waals surface area contributed by atoms with Crippen molar-refractivity contribution in [2.45, 2.75) is 83.2 Å². The molecule has 0 aromatic carbocycles. The van der Waals surface area contributed by atoms with Crippen LogP contribution in [0.5, 0.6) is 0 Å². The first-order valence-corrected chi connectivity index (χ1v) is 10.4. The SMILES string of the molecule is CC1CCNCC1NC(=O)C1CCC(NC(=O)CC2CCCC2)CC1. The predicted octanol–water partition coefficient (Wildman–Crippen LogP) is 2.36. The van der Waals surface area contributed by atoms with Crippen LogP contribution in [0.1, 0.15) is 71.1 Å². The Balaban J connectivity index is 1.36. The minimum Gasteiger partial charge on any atom is -0.353 e. The van der Waals surface area contributed by atoms with E-state index in [4.69, 9.17) is 0 Å². The maximum Gasteiger partial charge on any atom is 0.223 e. The molecule has 1 aliphatic heterocycles. The summed E-state index contributed by atoms with van der Waals surface area (Å²) in [6, 6.07) is 0.540. The zero-order chi connectivity index (χ0) is 17.6. The predicted molar refractivity (Wildman–Crippen MR) is 99.0 cm³/mol. The number of amides is 2. The van der Waals surface area contributed by atoms with Gasteiger partial charge < -0.3 is 16.0 Å². The molecule has 5 heteroatoms. The lowest BCUT2D eigenvalue weighted by atomic mass is 9.84. The van der Waals surface area contributed by atoms with Gasteiger partial charge in [0.25, 0.3) is 0 Å². The van der Waals surface area contributed by atoms with Gasteiger partial charge >= 0.3 is 0 Å². The first-order chi connectivity index (χ1) is 12.1. The van der Waals surface area contributed by atoms with Gasteiger partial charge in [-0.3, -0.25) is 9.59 Å². The van der Waals surface area contributed by atoms with Crippen LogP contribution < -0.4 is 16.0 Å². The highest BCUT2D eigenvalue weighted by atomic mass is 16.2. The molecule has 1 heterocycles. The van der Waals surface area contributed by atoms with Gasteiger partial charge in [-0.25, -0.2) is 0 Å². The Hall–Kier alpha value is -1.10. The van der Waals surface area contributed by atoms with Gasteiger partial charge in [0.05, 0.1) is 0 Å². The summed E-state index contributed by atoms with van der Waals surface area (Å²) in [5, 5.41) is 9.84. The van der Waals surface area contributed by atoms with E-state index >= 15 is 0 Å². The van der Waals surface area contributed by atoms with E-state index in [1.54, 1.807) is 0 Å². The summed E-state index contributed by atoms with van der Waals surface area (Å²) in [7, 11) is 0. The Kier molecular flexibility index (Phi) is 6.74. The third-order valence-corrected chi connectivity index (χ3v) is 6.57. The van der Waals surface area contributed by atoms with Crippen molar-refractivity contribution in [2.24, 2.45) is 17.8 Å². The van der Waals surface area contributed by atoms with Gasteiger partial charge in [0.1, 0.15) is 0 Å². The molecule has 2 unspecified atom stereocenters. The van der Waals surface area contributed by atoms with Gasteiger partial charge in [0.15, 0.2) is 0 Å². The molecule has 0 aromatic rings. The van der Waals surface area contributed by atoms with Crippen molar-refractivity contribution < 1.29 is 9.59 Å². The fourth-order valence-corrected chi connectivity index (χ4v) is 4.75. The molecule has 2 amide bonds. The second kappa shape index (κ2) is 9.02. The molecule has 142 valence electrons. The molecule has 0 aromatic heterocycles. The topological polar surface area (TPSA) is 70.2 Å². The van der Waals surface area contributed by atoms with Crippen molar-refractivity contribution in [2.75, 3.05) is 13.1 Å². The van der Waals surface area contributed by atoms with Crippen LogP contribution in [0.25, 0.3) is 0 Å². The Morgan fingerprint density at radius 1 is 0.960 bits per heavy atom. The monoisotopic (exact) mass is 349 g/mol. The third-order valence-electron chi connectivity index (χ3n) is 6.57. The Labute approximate surface area is 152 Å². The van der Waals surface area contributed by atoms with Crippen LogP contribution in [0.15, 0.2) is 0 Å². The molecule has 3 rings (SSSR count). The van der Waals surface area contributed by atoms with Gasteiger partial charge in [0, 0.05) is 31.0 Å². The van der Waals surface area contributed by atoms with Crippen molar-refractivity contribution in [3.63, 3.8) is 0 Å². The van der Waals surface area contributed by atoms with Gasteiger partial charge in [-0.2, -0.15) is 0 Å². The van der Waals surface area contributed by atoms with E-state index in [9.17, 15) is 9.59 Å². The highest BCUT2D eigenvalue weighted by molar-refractivity contribution is 5.79. The van der Waals surface area contributed by atoms with Crippen molar-refractivity contribution in [1.82, 2.24) is 16.0 Å². The summed E-state index contributed by atoms with van der Waals surface area (Å²) in [6.45, 7) is 4.17. The van der Waals surface area contributed by atoms with Gasteiger partial charge in [-0.05, 0) is 63.3 Å². The number of carbonyl (C=O) groups is 2. The van der Waals surface area contributed by atoms with E-state index in [2.05, 4.69) is 22.9 Å². The molecular weight excluding hydrogens is 314 g/mol. The minimum absolute atomic E-state index is 0.122. The number of rotatable bonds is 5. The van der Waals surface area contributed by atoms with Crippen molar-refractivity contribution in [3.05, 3.63) is 0 Å². The molecule has 0 spiro atoms. The molecule has 2 aliphatic carbocycles. The molecule has 0 bridgehead atoms. The number of nitrogens with one attached hydrogen (secondary N) is 3. The number of piperidine rings is 1. The van der Waals surface area contributed by atoms with Gasteiger partial charge in [0.2, 0.25) is 11.8 Å². The number of hydrogen-bond acceptors (Lipinski definition) is 3. The van der Waals surface area contributed by atoms with Crippen LogP contribution in [0.4, 0.5) is 0 Å². The second-order valence-corrected chi connectivity index (χ2v) is 8.56. The highest BCUT2D eigenvalue weighted by Crippen LogP contribution is 2.28. The molecular formula is C20H35N3O2. The Morgan fingerprint density at radius 3 is 2.36 bits per heavy atom. The number of carbonyl (C=O) groups excluding carboxylic acids is 2. The molecule has 1 saturated heterocycles. The van der Waals surface area contributed by atoms with E-state index in [1.165, 1.54) is 25.7 Å².